The summed E-state index contributed by atoms with van der Waals surface area (Å²) in [4.78, 5) is 12.0. The van der Waals surface area contributed by atoms with Crippen molar-refractivity contribution in [1.82, 2.24) is 9.97 Å². The Morgan fingerprint density at radius 1 is 1.33 bits per heavy atom. The molecule has 0 unspecified atom stereocenters. The summed E-state index contributed by atoms with van der Waals surface area (Å²) in [6.07, 6.45) is 3.71. The summed E-state index contributed by atoms with van der Waals surface area (Å²) in [6, 6.07) is 5.96. The van der Waals surface area contributed by atoms with Crippen molar-refractivity contribution in [3.8, 4) is 0 Å². The Labute approximate surface area is 93.4 Å². The molecule has 0 fully saturated rings. The second kappa shape index (κ2) is 4.40. The minimum atomic E-state index is 0.799. The normalized spacial score (nSPS) is 10.3. The molecule has 0 aromatic carbocycles. The Kier molecular flexibility index (Phi) is 2.97. The molecule has 2 aromatic heterocycles. The van der Waals surface area contributed by atoms with Crippen molar-refractivity contribution in [1.29, 1.82) is 0 Å². The molecular weight excluding hydrogens is 206 g/mol. The molecule has 0 N–H and O–H groups in total. The molecule has 15 heavy (non-hydrogen) atoms. The highest BCUT2D eigenvalue weighted by Gasteiger charge is 2.05. The van der Waals surface area contributed by atoms with Gasteiger partial charge in [0.2, 0.25) is 0 Å². The van der Waals surface area contributed by atoms with Crippen LogP contribution in [0.3, 0.4) is 0 Å². The molecule has 0 radical (unpaired) electrons. The first-order valence-corrected chi connectivity index (χ1v) is 5.61. The fraction of sp³-hybridized carbons (Fsp3) is 0.273. The molecule has 78 valence electrons. The second-order valence-corrected chi connectivity index (χ2v) is 4.64. The van der Waals surface area contributed by atoms with E-state index in [-0.39, 0.29) is 0 Å². The maximum atomic E-state index is 4.33. The van der Waals surface area contributed by atoms with E-state index < -0.39 is 0 Å². The van der Waals surface area contributed by atoms with Crippen molar-refractivity contribution in [2.24, 2.45) is 0 Å². The number of thiazole rings is 1. The highest BCUT2D eigenvalue weighted by atomic mass is 32.1. The minimum absolute atomic E-state index is 0.799. The van der Waals surface area contributed by atoms with Gasteiger partial charge in [-0.05, 0) is 19.1 Å². The zero-order valence-electron chi connectivity index (χ0n) is 8.84. The predicted octanol–water partition coefficient (Wildman–Crippen LogP) is 2.48. The number of pyridine rings is 1. The topological polar surface area (TPSA) is 29.0 Å². The predicted molar refractivity (Wildman–Crippen MR) is 63.2 cm³/mol. The molecule has 0 spiro atoms. The zero-order chi connectivity index (χ0) is 10.7. The smallest absolute Gasteiger partial charge is 0.185 e. The first-order valence-electron chi connectivity index (χ1n) is 4.79. The van der Waals surface area contributed by atoms with E-state index in [1.807, 2.05) is 37.6 Å². The zero-order valence-corrected chi connectivity index (χ0v) is 9.66. The van der Waals surface area contributed by atoms with Crippen molar-refractivity contribution in [3.63, 3.8) is 0 Å². The van der Waals surface area contributed by atoms with Gasteiger partial charge in [-0.25, -0.2) is 4.98 Å². The molecule has 0 saturated carbocycles. The summed E-state index contributed by atoms with van der Waals surface area (Å²) in [5, 5.41) is 1.04. The lowest BCUT2D eigenvalue weighted by atomic mass is 10.3. The highest BCUT2D eigenvalue weighted by Crippen LogP contribution is 2.21. The summed E-state index contributed by atoms with van der Waals surface area (Å²) in [5.74, 6) is 0. The van der Waals surface area contributed by atoms with E-state index in [1.165, 1.54) is 4.88 Å². The maximum Gasteiger partial charge on any atom is 0.185 e. The van der Waals surface area contributed by atoms with Crippen LogP contribution in [0.2, 0.25) is 0 Å². The van der Waals surface area contributed by atoms with Gasteiger partial charge in [0.1, 0.15) is 0 Å². The molecule has 0 aliphatic rings. The van der Waals surface area contributed by atoms with E-state index in [9.17, 15) is 0 Å². The Morgan fingerprint density at radius 2 is 2.20 bits per heavy atom. The molecule has 0 saturated heterocycles. The van der Waals surface area contributed by atoms with Gasteiger partial charge in [-0.15, -0.1) is 11.3 Å². The molecule has 0 aliphatic carbocycles. The average molecular weight is 219 g/mol. The van der Waals surface area contributed by atoms with Crippen LogP contribution in [0.5, 0.6) is 0 Å². The Hall–Kier alpha value is -1.42. The van der Waals surface area contributed by atoms with Gasteiger partial charge in [0, 0.05) is 24.3 Å². The number of aryl methyl sites for hydroxylation is 1. The molecule has 0 amide bonds. The Balaban J connectivity index is 2.07. The van der Waals surface area contributed by atoms with Crippen LogP contribution in [0, 0.1) is 6.92 Å². The van der Waals surface area contributed by atoms with Gasteiger partial charge in [-0.2, -0.15) is 0 Å². The number of nitrogens with zero attached hydrogens (tertiary/aromatic N) is 3. The molecule has 0 atom stereocenters. The molecule has 0 aliphatic heterocycles. The third-order valence-electron chi connectivity index (χ3n) is 2.06. The fourth-order valence-electron chi connectivity index (χ4n) is 1.32. The van der Waals surface area contributed by atoms with Gasteiger partial charge in [0.05, 0.1) is 12.2 Å². The van der Waals surface area contributed by atoms with Crippen LogP contribution in [0.4, 0.5) is 5.13 Å². The van der Waals surface area contributed by atoms with Crippen molar-refractivity contribution in [3.05, 3.63) is 41.2 Å². The van der Waals surface area contributed by atoms with Gasteiger partial charge in [0.15, 0.2) is 5.13 Å². The molecular formula is C11H13N3S. The van der Waals surface area contributed by atoms with Crippen molar-refractivity contribution in [2.45, 2.75) is 13.5 Å². The van der Waals surface area contributed by atoms with E-state index in [0.29, 0.717) is 0 Å². The summed E-state index contributed by atoms with van der Waals surface area (Å²) in [7, 11) is 2.03. The maximum absolute atomic E-state index is 4.33. The number of aromatic nitrogens is 2. The average Bonchev–Trinajstić information content (AvgIpc) is 2.66. The number of anilines is 1. The summed E-state index contributed by atoms with van der Waals surface area (Å²) in [5.41, 5.74) is 1.06. The van der Waals surface area contributed by atoms with Crippen LogP contribution >= 0.6 is 11.3 Å². The largest absolute Gasteiger partial charge is 0.345 e. The third-order valence-corrected chi connectivity index (χ3v) is 3.09. The van der Waals surface area contributed by atoms with Gasteiger partial charge in [0.25, 0.3) is 0 Å². The van der Waals surface area contributed by atoms with Crippen molar-refractivity contribution in [2.75, 3.05) is 11.9 Å². The van der Waals surface area contributed by atoms with Gasteiger partial charge in [-0.3, -0.25) is 4.98 Å². The fourth-order valence-corrected chi connectivity index (χ4v) is 2.04. The van der Waals surface area contributed by atoms with Crippen LogP contribution in [0.25, 0.3) is 0 Å². The van der Waals surface area contributed by atoms with E-state index in [1.54, 1.807) is 11.3 Å². The first kappa shape index (κ1) is 10.1. The molecule has 2 aromatic rings. The summed E-state index contributed by atoms with van der Waals surface area (Å²) >= 11 is 1.70. The standard InChI is InChI=1S/C11H13N3S/c1-9-7-13-11(15-9)14(2)8-10-5-3-4-6-12-10/h3-7H,8H2,1-2H3. The lowest BCUT2D eigenvalue weighted by molar-refractivity contribution is 0.879. The molecule has 4 heteroatoms. The Bertz CT molecular complexity index is 424. The van der Waals surface area contributed by atoms with E-state index in [4.69, 9.17) is 0 Å². The molecule has 3 nitrogen and oxygen atoms in total. The van der Waals surface area contributed by atoms with E-state index in [2.05, 4.69) is 21.8 Å². The number of hydrogen-bond acceptors (Lipinski definition) is 4. The van der Waals surface area contributed by atoms with Gasteiger partial charge < -0.3 is 4.90 Å². The molecule has 0 bridgehead atoms. The van der Waals surface area contributed by atoms with E-state index in [0.717, 1.165) is 17.4 Å². The second-order valence-electron chi connectivity index (χ2n) is 3.43. The van der Waals surface area contributed by atoms with Crippen molar-refractivity contribution < 1.29 is 0 Å². The van der Waals surface area contributed by atoms with Gasteiger partial charge in [-0.1, -0.05) is 6.07 Å². The quantitative estimate of drug-likeness (QED) is 0.794. The number of hydrogen-bond donors (Lipinski definition) is 0. The SMILES string of the molecule is Cc1cnc(N(C)Cc2ccccn2)s1. The van der Waals surface area contributed by atoms with Crippen LogP contribution in [0.1, 0.15) is 10.6 Å². The Morgan fingerprint density at radius 3 is 2.80 bits per heavy atom. The summed E-state index contributed by atoms with van der Waals surface area (Å²) < 4.78 is 0. The lowest BCUT2D eigenvalue weighted by Gasteiger charge is -2.14. The summed E-state index contributed by atoms with van der Waals surface area (Å²) in [6.45, 7) is 2.86. The first-order chi connectivity index (χ1) is 7.25. The van der Waals surface area contributed by atoms with Crippen LogP contribution in [-0.2, 0) is 6.54 Å². The van der Waals surface area contributed by atoms with Crippen LogP contribution < -0.4 is 4.90 Å². The monoisotopic (exact) mass is 219 g/mol. The molecule has 2 rings (SSSR count). The van der Waals surface area contributed by atoms with Crippen molar-refractivity contribution >= 4 is 16.5 Å². The van der Waals surface area contributed by atoms with Crippen LogP contribution in [0.15, 0.2) is 30.6 Å². The lowest BCUT2D eigenvalue weighted by Crippen LogP contribution is -2.16. The van der Waals surface area contributed by atoms with Gasteiger partial charge >= 0.3 is 0 Å². The van der Waals surface area contributed by atoms with E-state index >= 15 is 0 Å². The molecule has 2 heterocycles. The van der Waals surface area contributed by atoms with Crippen LogP contribution in [-0.4, -0.2) is 17.0 Å². The number of rotatable bonds is 3. The minimum Gasteiger partial charge on any atom is -0.345 e. The highest BCUT2D eigenvalue weighted by molar-refractivity contribution is 7.15. The third kappa shape index (κ3) is 2.53.